The standard InChI is InChI=1S/C14H25NO2/c1-11(16)9-12-6-4-8-15(12)13-5-3-7-14(10-13)17-2/h12-14H,3-10H2,1-2H3. The van der Waals surface area contributed by atoms with Crippen molar-refractivity contribution in [2.45, 2.75) is 70.1 Å². The molecule has 0 aromatic rings. The number of hydrogen-bond acceptors (Lipinski definition) is 3. The molecule has 1 saturated carbocycles. The Labute approximate surface area is 105 Å². The van der Waals surface area contributed by atoms with Gasteiger partial charge in [0.2, 0.25) is 0 Å². The molecule has 2 rings (SSSR count). The van der Waals surface area contributed by atoms with Gasteiger partial charge >= 0.3 is 0 Å². The van der Waals surface area contributed by atoms with Gasteiger partial charge in [-0.15, -0.1) is 0 Å². The van der Waals surface area contributed by atoms with Gasteiger partial charge in [0.1, 0.15) is 5.78 Å². The molecule has 3 atom stereocenters. The van der Waals surface area contributed by atoms with Gasteiger partial charge in [-0.2, -0.15) is 0 Å². The topological polar surface area (TPSA) is 29.5 Å². The summed E-state index contributed by atoms with van der Waals surface area (Å²) < 4.78 is 5.50. The Morgan fingerprint density at radius 3 is 2.82 bits per heavy atom. The zero-order valence-electron chi connectivity index (χ0n) is 11.2. The van der Waals surface area contributed by atoms with Gasteiger partial charge in [-0.3, -0.25) is 9.69 Å². The molecular formula is C14H25NO2. The van der Waals surface area contributed by atoms with Crippen molar-refractivity contribution in [2.75, 3.05) is 13.7 Å². The lowest BCUT2D eigenvalue weighted by molar-refractivity contribution is -0.118. The van der Waals surface area contributed by atoms with Crippen molar-refractivity contribution < 1.29 is 9.53 Å². The Balaban J connectivity index is 1.93. The minimum absolute atomic E-state index is 0.334. The second-order valence-corrected chi connectivity index (χ2v) is 5.62. The first-order chi connectivity index (χ1) is 8.20. The van der Waals surface area contributed by atoms with Crippen molar-refractivity contribution in [3.8, 4) is 0 Å². The highest BCUT2D eigenvalue weighted by atomic mass is 16.5. The van der Waals surface area contributed by atoms with E-state index >= 15 is 0 Å². The van der Waals surface area contributed by atoms with Crippen molar-refractivity contribution >= 4 is 5.78 Å². The van der Waals surface area contributed by atoms with E-state index in [9.17, 15) is 4.79 Å². The number of Topliss-reactive ketones (excluding diaryl/α,β-unsaturated/α-hetero) is 1. The van der Waals surface area contributed by atoms with Crippen LogP contribution < -0.4 is 0 Å². The number of rotatable bonds is 4. The summed E-state index contributed by atoms with van der Waals surface area (Å²) in [5.74, 6) is 0.334. The van der Waals surface area contributed by atoms with E-state index in [2.05, 4.69) is 4.90 Å². The molecule has 0 N–H and O–H groups in total. The Kier molecular flexibility index (Phi) is 4.57. The van der Waals surface area contributed by atoms with Gasteiger partial charge in [-0.05, 0) is 52.0 Å². The fraction of sp³-hybridized carbons (Fsp3) is 0.929. The van der Waals surface area contributed by atoms with Crippen LogP contribution in [0.4, 0.5) is 0 Å². The molecule has 2 aliphatic rings. The summed E-state index contributed by atoms with van der Waals surface area (Å²) in [4.78, 5) is 13.9. The van der Waals surface area contributed by atoms with Crippen LogP contribution in [0.3, 0.4) is 0 Å². The molecule has 1 aliphatic carbocycles. The quantitative estimate of drug-likeness (QED) is 0.754. The highest BCUT2D eigenvalue weighted by Crippen LogP contribution is 2.31. The summed E-state index contributed by atoms with van der Waals surface area (Å²) in [5, 5.41) is 0. The number of ether oxygens (including phenoxy) is 1. The van der Waals surface area contributed by atoms with Gasteiger partial charge < -0.3 is 4.74 Å². The van der Waals surface area contributed by atoms with Crippen LogP contribution in [0.1, 0.15) is 51.9 Å². The summed E-state index contributed by atoms with van der Waals surface area (Å²) in [6.45, 7) is 2.90. The predicted octanol–water partition coefficient (Wildman–Crippen LogP) is 2.39. The molecule has 0 bridgehead atoms. The molecule has 0 radical (unpaired) electrons. The van der Waals surface area contributed by atoms with Crippen molar-refractivity contribution in [1.29, 1.82) is 0 Å². The first-order valence-electron chi connectivity index (χ1n) is 6.98. The molecular weight excluding hydrogens is 214 g/mol. The molecule has 1 heterocycles. The van der Waals surface area contributed by atoms with Crippen LogP contribution in [0.15, 0.2) is 0 Å². The van der Waals surface area contributed by atoms with Crippen LogP contribution in [-0.4, -0.2) is 42.5 Å². The molecule has 98 valence electrons. The van der Waals surface area contributed by atoms with E-state index in [0.717, 1.165) is 12.8 Å². The van der Waals surface area contributed by atoms with E-state index in [0.29, 0.717) is 24.0 Å². The van der Waals surface area contributed by atoms with E-state index in [1.54, 1.807) is 6.92 Å². The zero-order valence-corrected chi connectivity index (χ0v) is 11.2. The Hall–Kier alpha value is -0.410. The lowest BCUT2D eigenvalue weighted by atomic mass is 9.91. The predicted molar refractivity (Wildman–Crippen MR) is 68.1 cm³/mol. The molecule has 0 aromatic heterocycles. The first kappa shape index (κ1) is 13.0. The fourth-order valence-corrected chi connectivity index (χ4v) is 3.53. The first-order valence-corrected chi connectivity index (χ1v) is 6.98. The maximum Gasteiger partial charge on any atom is 0.131 e. The third-order valence-electron chi connectivity index (χ3n) is 4.35. The molecule has 1 aliphatic heterocycles. The fourth-order valence-electron chi connectivity index (χ4n) is 3.53. The van der Waals surface area contributed by atoms with Crippen LogP contribution in [0.25, 0.3) is 0 Å². The molecule has 2 fully saturated rings. The van der Waals surface area contributed by atoms with E-state index in [-0.39, 0.29) is 0 Å². The maximum atomic E-state index is 11.3. The molecule has 0 amide bonds. The number of likely N-dealkylation sites (tertiary alicyclic amines) is 1. The van der Waals surface area contributed by atoms with Crippen LogP contribution >= 0.6 is 0 Å². The monoisotopic (exact) mass is 239 g/mol. The molecule has 3 nitrogen and oxygen atoms in total. The molecule has 3 unspecified atom stereocenters. The van der Waals surface area contributed by atoms with Gasteiger partial charge in [0.15, 0.2) is 0 Å². The Bertz CT molecular complexity index is 267. The Morgan fingerprint density at radius 1 is 1.29 bits per heavy atom. The van der Waals surface area contributed by atoms with E-state index < -0.39 is 0 Å². The van der Waals surface area contributed by atoms with Gasteiger partial charge in [-0.25, -0.2) is 0 Å². The Morgan fingerprint density at radius 2 is 2.12 bits per heavy atom. The lowest BCUT2D eigenvalue weighted by Gasteiger charge is -2.38. The minimum atomic E-state index is 0.334. The summed E-state index contributed by atoms with van der Waals surface area (Å²) in [7, 11) is 1.82. The van der Waals surface area contributed by atoms with Gasteiger partial charge in [0.25, 0.3) is 0 Å². The summed E-state index contributed by atoms with van der Waals surface area (Å²) in [6, 6.07) is 1.16. The number of nitrogens with zero attached hydrogens (tertiary/aromatic N) is 1. The van der Waals surface area contributed by atoms with Crippen LogP contribution in [0, 0.1) is 0 Å². The summed E-state index contributed by atoms with van der Waals surface area (Å²) in [5.41, 5.74) is 0. The number of carbonyl (C=O) groups excluding carboxylic acids is 1. The minimum Gasteiger partial charge on any atom is -0.381 e. The van der Waals surface area contributed by atoms with Crippen LogP contribution in [0.5, 0.6) is 0 Å². The normalized spacial score (nSPS) is 35.1. The summed E-state index contributed by atoms with van der Waals surface area (Å²) >= 11 is 0. The van der Waals surface area contributed by atoms with Gasteiger partial charge in [0.05, 0.1) is 6.10 Å². The highest BCUT2D eigenvalue weighted by molar-refractivity contribution is 5.76. The molecule has 0 spiro atoms. The van der Waals surface area contributed by atoms with Crippen molar-refractivity contribution in [3.63, 3.8) is 0 Å². The van der Waals surface area contributed by atoms with E-state index in [1.807, 2.05) is 7.11 Å². The van der Waals surface area contributed by atoms with E-state index in [1.165, 1.54) is 38.6 Å². The maximum absolute atomic E-state index is 11.3. The zero-order chi connectivity index (χ0) is 12.3. The highest BCUT2D eigenvalue weighted by Gasteiger charge is 2.34. The number of methoxy groups -OCH3 is 1. The average molecular weight is 239 g/mol. The smallest absolute Gasteiger partial charge is 0.131 e. The lowest BCUT2D eigenvalue weighted by Crippen LogP contribution is -2.43. The summed E-state index contributed by atoms with van der Waals surface area (Å²) in [6.07, 6.45) is 8.56. The second kappa shape index (κ2) is 5.96. The molecule has 1 saturated heterocycles. The van der Waals surface area contributed by atoms with Crippen LogP contribution in [-0.2, 0) is 9.53 Å². The molecule has 0 aromatic carbocycles. The third-order valence-corrected chi connectivity index (χ3v) is 4.35. The van der Waals surface area contributed by atoms with Crippen molar-refractivity contribution in [1.82, 2.24) is 4.90 Å². The molecule has 17 heavy (non-hydrogen) atoms. The van der Waals surface area contributed by atoms with E-state index in [4.69, 9.17) is 4.74 Å². The average Bonchev–Trinajstić information content (AvgIpc) is 2.76. The third kappa shape index (κ3) is 3.29. The number of hydrogen-bond donors (Lipinski definition) is 0. The van der Waals surface area contributed by atoms with Gasteiger partial charge in [0, 0.05) is 25.6 Å². The number of carbonyl (C=O) groups is 1. The van der Waals surface area contributed by atoms with Crippen molar-refractivity contribution in [2.24, 2.45) is 0 Å². The molecule has 3 heteroatoms. The SMILES string of the molecule is COC1CCCC(N2CCCC2CC(C)=O)C1. The van der Waals surface area contributed by atoms with Gasteiger partial charge in [-0.1, -0.05) is 0 Å². The second-order valence-electron chi connectivity index (χ2n) is 5.62. The largest absolute Gasteiger partial charge is 0.381 e. The van der Waals surface area contributed by atoms with Crippen molar-refractivity contribution in [3.05, 3.63) is 0 Å². The van der Waals surface area contributed by atoms with Crippen LogP contribution in [0.2, 0.25) is 0 Å². The number of ketones is 1.